The van der Waals surface area contributed by atoms with Crippen LogP contribution in [0.2, 0.25) is 0 Å². The third-order valence-electron chi connectivity index (χ3n) is 14.0. The highest BCUT2D eigenvalue weighted by molar-refractivity contribution is 5.99. The van der Waals surface area contributed by atoms with Crippen molar-refractivity contribution >= 4 is 11.1 Å². The van der Waals surface area contributed by atoms with Gasteiger partial charge in [0.15, 0.2) is 0 Å². The predicted octanol–water partition coefficient (Wildman–Crippen LogP) is 14.0. The topological polar surface area (TPSA) is 12.9 Å². The second kappa shape index (κ2) is 12.8. The first kappa shape index (κ1) is 34.5. The Morgan fingerprint density at radius 1 is 0.636 bits per heavy atom. The van der Waals surface area contributed by atoms with Crippen LogP contribution in [0.1, 0.15) is 129 Å². The van der Waals surface area contributed by atoms with Crippen molar-refractivity contribution in [1.82, 2.24) is 4.98 Å². The number of hydrogen-bond acceptors (Lipinski definition) is 1. The molecule has 3 aromatic carbocycles. The van der Waals surface area contributed by atoms with E-state index < -0.39 is 0 Å². The number of hydrogen-bond donors (Lipinski definition) is 0. The Labute approximate surface area is 328 Å². The van der Waals surface area contributed by atoms with Gasteiger partial charge in [-0.2, -0.15) is 0 Å². The molecule has 0 aliphatic heterocycles. The fourth-order valence-electron chi connectivity index (χ4n) is 11.1. The molecule has 1 heteroatoms. The van der Waals surface area contributed by atoms with Crippen LogP contribution in [0.25, 0.3) is 33.4 Å². The molecule has 0 saturated carbocycles. The number of benzene rings is 3. The highest BCUT2D eigenvalue weighted by atomic mass is 14.7. The van der Waals surface area contributed by atoms with Crippen LogP contribution in [0.3, 0.4) is 0 Å². The number of nitrogens with zero attached hydrogens (tertiary/aromatic N) is 1. The van der Waals surface area contributed by atoms with E-state index in [0.717, 1.165) is 31.4 Å². The summed E-state index contributed by atoms with van der Waals surface area (Å²) in [7, 11) is 0. The Morgan fingerprint density at radius 3 is 2.31 bits per heavy atom. The maximum Gasteiger partial charge on any atom is 0.0668 e. The average Bonchev–Trinajstić information content (AvgIpc) is 3.39. The Hall–Kier alpha value is -5.01. The summed E-state index contributed by atoms with van der Waals surface area (Å²) < 4.78 is 0. The number of fused-ring (bicyclic) bond motifs is 11. The molecule has 0 fully saturated rings. The summed E-state index contributed by atoms with van der Waals surface area (Å²) in [5.74, 6) is 1.76. The normalized spacial score (nSPS) is 26.0. The van der Waals surface area contributed by atoms with E-state index in [-0.39, 0.29) is 22.7 Å². The molecular weight excluding hydrogens is 663 g/mol. The highest BCUT2D eigenvalue weighted by Crippen LogP contribution is 2.62. The van der Waals surface area contributed by atoms with Crippen molar-refractivity contribution in [1.29, 1.82) is 0 Å². The Balaban J connectivity index is 1.24. The van der Waals surface area contributed by atoms with Gasteiger partial charge in [-0.05, 0) is 122 Å². The summed E-state index contributed by atoms with van der Waals surface area (Å²) in [6.45, 7) is 14.6. The van der Waals surface area contributed by atoms with E-state index in [9.17, 15) is 0 Å². The minimum absolute atomic E-state index is 0.101. The smallest absolute Gasteiger partial charge is 0.0668 e. The summed E-state index contributed by atoms with van der Waals surface area (Å²) in [6, 6.07) is 24.0. The number of pyridine rings is 1. The van der Waals surface area contributed by atoms with Crippen LogP contribution < -0.4 is 0 Å². The molecule has 0 saturated heterocycles. The molecule has 0 N–H and O–H groups in total. The molecule has 6 aliphatic carbocycles. The van der Waals surface area contributed by atoms with Gasteiger partial charge in [-0.3, -0.25) is 4.98 Å². The second-order valence-corrected chi connectivity index (χ2v) is 18.3. The molecule has 5 unspecified atom stereocenters. The first-order valence-electron chi connectivity index (χ1n) is 20.8. The molecular formula is C54H53N. The Kier molecular flexibility index (Phi) is 8.01. The van der Waals surface area contributed by atoms with Gasteiger partial charge in [0.05, 0.1) is 5.69 Å². The van der Waals surface area contributed by atoms with Crippen molar-refractivity contribution in [3.05, 3.63) is 184 Å². The van der Waals surface area contributed by atoms with Crippen molar-refractivity contribution in [2.24, 2.45) is 17.8 Å². The first-order valence-corrected chi connectivity index (χ1v) is 20.8. The van der Waals surface area contributed by atoms with Crippen molar-refractivity contribution in [2.45, 2.75) is 89.9 Å². The van der Waals surface area contributed by atoms with Crippen LogP contribution in [0.5, 0.6) is 0 Å². The zero-order valence-electron chi connectivity index (χ0n) is 33.4. The zero-order chi connectivity index (χ0) is 37.6. The minimum Gasteiger partial charge on any atom is -0.253 e. The van der Waals surface area contributed by atoms with Crippen LogP contribution in [0, 0.1) is 17.8 Å². The second-order valence-electron chi connectivity index (χ2n) is 18.3. The zero-order valence-corrected chi connectivity index (χ0v) is 33.4. The number of aromatic nitrogens is 1. The lowest BCUT2D eigenvalue weighted by molar-refractivity contribution is 0.523. The maximum absolute atomic E-state index is 5.55. The fraction of sp³-hybridized carbons (Fsp3) is 0.315. The lowest BCUT2D eigenvalue weighted by Gasteiger charge is -2.28. The third kappa shape index (κ3) is 5.29. The Bertz CT molecular complexity index is 2480. The first-order chi connectivity index (χ1) is 26.6. The molecule has 4 aromatic rings. The summed E-state index contributed by atoms with van der Waals surface area (Å²) in [4.78, 5) is 5.55. The molecule has 10 rings (SSSR count). The van der Waals surface area contributed by atoms with E-state index in [1.165, 1.54) is 78.0 Å². The summed E-state index contributed by atoms with van der Waals surface area (Å²) in [5.41, 5.74) is 20.8. The largest absolute Gasteiger partial charge is 0.253 e. The molecule has 55 heavy (non-hydrogen) atoms. The summed E-state index contributed by atoms with van der Waals surface area (Å²) in [5, 5.41) is 0. The number of allylic oxidation sites excluding steroid dienone is 14. The molecule has 0 amide bonds. The molecule has 5 atom stereocenters. The van der Waals surface area contributed by atoms with Crippen molar-refractivity contribution in [2.75, 3.05) is 0 Å². The van der Waals surface area contributed by atoms with Gasteiger partial charge in [0.25, 0.3) is 0 Å². The van der Waals surface area contributed by atoms with E-state index in [1.807, 2.05) is 0 Å². The lowest BCUT2D eigenvalue weighted by Crippen LogP contribution is -2.18. The average molecular weight is 716 g/mol. The van der Waals surface area contributed by atoms with Crippen LogP contribution in [0.15, 0.2) is 134 Å². The van der Waals surface area contributed by atoms with Crippen LogP contribution in [-0.4, -0.2) is 4.98 Å². The Morgan fingerprint density at radius 2 is 1.42 bits per heavy atom. The SMILES string of the molecule is CC1CC=CC=C(c2cc(C3C=CC4CC=CC=C4c4c3ccc3c4-c4c(ccc5c4C(C)(C)c4ccccc4-5)C3(C)C)cc(C3C=CC=CCC3C)n2)C1. The van der Waals surface area contributed by atoms with Gasteiger partial charge in [-0.15, -0.1) is 0 Å². The predicted molar refractivity (Wildman–Crippen MR) is 232 cm³/mol. The fourth-order valence-corrected chi connectivity index (χ4v) is 11.1. The molecule has 1 heterocycles. The van der Waals surface area contributed by atoms with Crippen molar-refractivity contribution < 1.29 is 0 Å². The van der Waals surface area contributed by atoms with E-state index in [0.29, 0.717) is 17.8 Å². The third-order valence-corrected chi connectivity index (χ3v) is 14.0. The molecule has 6 aliphatic rings. The molecule has 0 bridgehead atoms. The minimum atomic E-state index is -0.113. The molecule has 1 nitrogen and oxygen atoms in total. The van der Waals surface area contributed by atoms with Gasteiger partial charge in [-0.1, -0.05) is 163 Å². The van der Waals surface area contributed by atoms with Gasteiger partial charge in [0.1, 0.15) is 0 Å². The highest BCUT2D eigenvalue weighted by Gasteiger charge is 2.46. The lowest BCUT2D eigenvalue weighted by atomic mass is 9.75. The maximum atomic E-state index is 5.55. The van der Waals surface area contributed by atoms with E-state index in [1.54, 1.807) is 0 Å². The van der Waals surface area contributed by atoms with Crippen LogP contribution in [0.4, 0.5) is 0 Å². The molecule has 0 spiro atoms. The quantitative estimate of drug-likeness (QED) is 0.192. The van der Waals surface area contributed by atoms with Gasteiger partial charge in [0, 0.05) is 34.3 Å². The number of rotatable bonds is 3. The van der Waals surface area contributed by atoms with Gasteiger partial charge < -0.3 is 0 Å². The summed E-state index contributed by atoms with van der Waals surface area (Å²) in [6.07, 6.45) is 32.5. The molecule has 274 valence electrons. The summed E-state index contributed by atoms with van der Waals surface area (Å²) >= 11 is 0. The van der Waals surface area contributed by atoms with Crippen molar-refractivity contribution in [3.63, 3.8) is 0 Å². The van der Waals surface area contributed by atoms with Crippen LogP contribution in [-0.2, 0) is 10.8 Å². The molecule has 1 aromatic heterocycles. The van der Waals surface area contributed by atoms with Gasteiger partial charge >= 0.3 is 0 Å². The van der Waals surface area contributed by atoms with Crippen LogP contribution >= 0.6 is 0 Å². The standard InChI is InChI=1S/C54H53N/c1-33-16-10-11-19-36(30-33)47-31-37(32-48(55-47)38-20-9-7-8-17-34(38)2)39-25-24-35-18-12-13-21-40(35)49-42(39)26-28-45-50(49)51-46(53(45,3)4)29-27-43-41-22-14-15-23-44(41)54(5,6)52(43)51/h7-15,19-29,31-35,38-39H,16-18,30H2,1-6H3. The van der Waals surface area contributed by atoms with E-state index >= 15 is 0 Å². The van der Waals surface area contributed by atoms with Gasteiger partial charge in [-0.25, -0.2) is 0 Å². The molecule has 0 radical (unpaired) electrons. The van der Waals surface area contributed by atoms with E-state index in [4.69, 9.17) is 4.98 Å². The monoisotopic (exact) mass is 715 g/mol. The van der Waals surface area contributed by atoms with Gasteiger partial charge in [0.2, 0.25) is 0 Å². The van der Waals surface area contributed by atoms with Crippen molar-refractivity contribution in [3.8, 4) is 22.3 Å². The van der Waals surface area contributed by atoms with E-state index in [2.05, 4.69) is 175 Å².